The lowest BCUT2D eigenvalue weighted by Gasteiger charge is -2.36. The van der Waals surface area contributed by atoms with Gasteiger partial charge in [0.2, 0.25) is 5.95 Å². The number of carbonyl (C=O) groups excluding carboxylic acids is 1. The number of piperazine rings is 1. The number of carbonyl (C=O) groups is 1. The zero-order chi connectivity index (χ0) is 29.5. The van der Waals surface area contributed by atoms with E-state index in [0.29, 0.717) is 17.3 Å². The fourth-order valence-electron chi connectivity index (χ4n) is 5.01. The third-order valence-electron chi connectivity index (χ3n) is 7.51. The number of hydrogen-bond acceptors (Lipinski definition) is 8. The van der Waals surface area contributed by atoms with Gasteiger partial charge in [0.1, 0.15) is 11.4 Å². The lowest BCUT2D eigenvalue weighted by atomic mass is 10.1. The topological polar surface area (TPSA) is 88.7 Å². The van der Waals surface area contributed by atoms with Crippen molar-refractivity contribution in [1.29, 1.82) is 0 Å². The van der Waals surface area contributed by atoms with Crippen LogP contribution in [0.25, 0.3) is 0 Å². The molecule has 0 unspecified atom stereocenters. The Balaban J connectivity index is 1.29. The highest BCUT2D eigenvalue weighted by Gasteiger charge is 2.19. The van der Waals surface area contributed by atoms with E-state index in [-0.39, 0.29) is 5.91 Å². The zero-order valence-corrected chi connectivity index (χ0v) is 24.9. The Hall–Kier alpha value is -4.47. The predicted molar refractivity (Wildman–Crippen MR) is 173 cm³/mol. The van der Waals surface area contributed by atoms with Crippen molar-refractivity contribution in [2.24, 2.45) is 0 Å². The van der Waals surface area contributed by atoms with Crippen molar-refractivity contribution in [1.82, 2.24) is 19.8 Å². The first-order valence-corrected chi connectivity index (χ1v) is 14.4. The average molecular weight is 565 g/mol. The molecule has 0 radical (unpaired) electrons. The first kappa shape index (κ1) is 29.0. The highest BCUT2D eigenvalue weighted by molar-refractivity contribution is 6.08. The third kappa shape index (κ3) is 7.43. The molecule has 5 rings (SSSR count). The summed E-state index contributed by atoms with van der Waals surface area (Å²) in [6.45, 7) is 10.3. The van der Waals surface area contributed by atoms with Crippen LogP contribution in [0.4, 0.5) is 34.5 Å². The maximum atomic E-state index is 13.4. The molecule has 0 saturated carbocycles. The molecular weight excluding hydrogens is 524 g/mol. The molecule has 0 aliphatic carbocycles. The van der Waals surface area contributed by atoms with Gasteiger partial charge in [0.25, 0.3) is 5.91 Å². The van der Waals surface area contributed by atoms with Gasteiger partial charge in [-0.3, -0.25) is 9.69 Å². The second-order valence-corrected chi connectivity index (χ2v) is 11.0. The summed E-state index contributed by atoms with van der Waals surface area (Å²) in [5, 5.41) is 9.66. The monoisotopic (exact) mass is 564 g/mol. The second-order valence-electron chi connectivity index (χ2n) is 11.0. The number of amides is 1. The van der Waals surface area contributed by atoms with Crippen LogP contribution in [0.1, 0.15) is 21.5 Å². The van der Waals surface area contributed by atoms with Gasteiger partial charge in [-0.1, -0.05) is 36.4 Å². The van der Waals surface area contributed by atoms with E-state index in [1.165, 1.54) is 5.69 Å². The van der Waals surface area contributed by atoms with Crippen LogP contribution in [0.2, 0.25) is 0 Å². The molecule has 9 heteroatoms. The maximum Gasteiger partial charge on any atom is 0.261 e. The summed E-state index contributed by atoms with van der Waals surface area (Å²) >= 11 is 0. The van der Waals surface area contributed by atoms with Gasteiger partial charge in [-0.05, 0) is 75.5 Å². The minimum atomic E-state index is -0.274. The molecule has 1 amide bonds. The quantitative estimate of drug-likeness (QED) is 0.232. The molecule has 218 valence electrons. The van der Waals surface area contributed by atoms with Crippen LogP contribution in [0.15, 0.2) is 79.0 Å². The molecule has 3 N–H and O–H groups in total. The predicted octanol–water partition coefficient (Wildman–Crippen LogP) is 5.52. The van der Waals surface area contributed by atoms with Crippen LogP contribution in [0.5, 0.6) is 0 Å². The van der Waals surface area contributed by atoms with Crippen molar-refractivity contribution in [3.63, 3.8) is 0 Å². The Labute approximate surface area is 248 Å². The van der Waals surface area contributed by atoms with E-state index in [0.717, 1.165) is 67.5 Å². The number of nitrogens with one attached hydrogen (secondary N) is 3. The molecule has 1 fully saturated rings. The van der Waals surface area contributed by atoms with E-state index in [1.807, 2.05) is 74.5 Å². The van der Waals surface area contributed by atoms with Gasteiger partial charge in [0.05, 0.1) is 0 Å². The van der Waals surface area contributed by atoms with Gasteiger partial charge < -0.3 is 25.8 Å². The van der Waals surface area contributed by atoms with Gasteiger partial charge in [0.15, 0.2) is 0 Å². The Morgan fingerprint density at radius 1 is 0.833 bits per heavy atom. The Kier molecular flexibility index (Phi) is 9.31. The lowest BCUT2D eigenvalue weighted by molar-refractivity contribution is 0.102. The van der Waals surface area contributed by atoms with E-state index in [2.05, 4.69) is 61.9 Å². The maximum absolute atomic E-state index is 13.4. The van der Waals surface area contributed by atoms with Crippen molar-refractivity contribution in [2.45, 2.75) is 13.8 Å². The van der Waals surface area contributed by atoms with E-state index in [4.69, 9.17) is 4.98 Å². The number of nitrogens with zero attached hydrogens (tertiary/aromatic N) is 5. The van der Waals surface area contributed by atoms with Crippen molar-refractivity contribution in [3.05, 3.63) is 95.7 Å². The third-order valence-corrected chi connectivity index (χ3v) is 7.51. The molecule has 0 spiro atoms. The summed E-state index contributed by atoms with van der Waals surface area (Å²) in [6.07, 6.45) is 1.56. The highest BCUT2D eigenvalue weighted by atomic mass is 16.1. The fourth-order valence-corrected chi connectivity index (χ4v) is 5.01. The zero-order valence-electron chi connectivity index (χ0n) is 24.9. The van der Waals surface area contributed by atoms with Gasteiger partial charge in [0, 0.05) is 68.2 Å². The highest BCUT2D eigenvalue weighted by Crippen LogP contribution is 2.26. The van der Waals surface area contributed by atoms with E-state index < -0.39 is 0 Å². The number of likely N-dealkylation sites (N-methyl/N-ethyl adjacent to an activating group) is 1. The number of anilines is 6. The van der Waals surface area contributed by atoms with Crippen LogP contribution in [-0.2, 0) is 0 Å². The first-order valence-electron chi connectivity index (χ1n) is 14.4. The Morgan fingerprint density at radius 3 is 2.17 bits per heavy atom. The van der Waals surface area contributed by atoms with Gasteiger partial charge in [-0.15, -0.1) is 0 Å². The normalized spacial score (nSPS) is 13.7. The van der Waals surface area contributed by atoms with Crippen molar-refractivity contribution in [2.75, 3.05) is 74.2 Å². The van der Waals surface area contributed by atoms with Crippen LogP contribution in [0.3, 0.4) is 0 Å². The number of benzene rings is 3. The summed E-state index contributed by atoms with van der Waals surface area (Å²) < 4.78 is 0. The van der Waals surface area contributed by atoms with Crippen molar-refractivity contribution >= 4 is 40.4 Å². The van der Waals surface area contributed by atoms with Crippen LogP contribution in [-0.4, -0.2) is 79.0 Å². The smallest absolute Gasteiger partial charge is 0.261 e. The Bertz CT molecular complexity index is 1460. The van der Waals surface area contributed by atoms with Gasteiger partial charge in [-0.25, -0.2) is 4.98 Å². The second kappa shape index (κ2) is 13.5. The number of para-hydroxylation sites is 2. The molecule has 3 aromatic carbocycles. The van der Waals surface area contributed by atoms with E-state index in [1.54, 1.807) is 6.20 Å². The van der Waals surface area contributed by atoms with Crippen molar-refractivity contribution in [3.8, 4) is 0 Å². The van der Waals surface area contributed by atoms with Crippen LogP contribution >= 0.6 is 0 Å². The lowest BCUT2D eigenvalue weighted by Crippen LogP contribution is -2.48. The SMILES string of the molecule is Cc1cccc(C)c1NC(=O)c1cnc(Nc2ccc(N3CCN(CCN(C)C)CC3)cc2)nc1Nc1ccccc1. The average Bonchev–Trinajstić information content (AvgIpc) is 2.99. The van der Waals surface area contributed by atoms with E-state index >= 15 is 0 Å². The summed E-state index contributed by atoms with van der Waals surface area (Å²) in [5.41, 5.74) is 6.05. The molecule has 1 aromatic heterocycles. The minimum absolute atomic E-state index is 0.274. The first-order chi connectivity index (χ1) is 20.4. The molecule has 0 bridgehead atoms. The summed E-state index contributed by atoms with van der Waals surface area (Å²) in [6, 6.07) is 24.0. The van der Waals surface area contributed by atoms with Crippen molar-refractivity contribution < 1.29 is 4.79 Å². The number of aromatic nitrogens is 2. The molecule has 9 nitrogen and oxygen atoms in total. The molecule has 4 aromatic rings. The van der Waals surface area contributed by atoms with E-state index in [9.17, 15) is 4.79 Å². The summed E-state index contributed by atoms with van der Waals surface area (Å²) in [7, 11) is 4.24. The summed E-state index contributed by atoms with van der Waals surface area (Å²) in [4.78, 5) is 29.8. The molecule has 2 heterocycles. The molecule has 1 aliphatic rings. The summed E-state index contributed by atoms with van der Waals surface area (Å²) in [5.74, 6) is 0.550. The number of rotatable bonds is 10. The Morgan fingerprint density at radius 2 is 1.50 bits per heavy atom. The minimum Gasteiger partial charge on any atom is -0.369 e. The van der Waals surface area contributed by atoms with Crippen LogP contribution in [0, 0.1) is 13.8 Å². The standard InChI is InChI=1S/C33H40N8O/c1-24-9-8-10-25(2)30(24)37-32(42)29-23-34-33(38-31(29)35-26-11-6-5-7-12-26)36-27-13-15-28(16-14-27)41-21-19-40(20-22-41)18-17-39(3)4/h5-16,23H,17-22H2,1-4H3,(H,37,42)(H2,34,35,36,38). The molecule has 1 saturated heterocycles. The number of hydrogen-bond donors (Lipinski definition) is 3. The van der Waals surface area contributed by atoms with Crippen LogP contribution < -0.4 is 20.9 Å². The molecular formula is C33H40N8O. The van der Waals surface area contributed by atoms with Gasteiger partial charge in [-0.2, -0.15) is 4.98 Å². The largest absolute Gasteiger partial charge is 0.369 e. The molecule has 0 atom stereocenters. The molecule has 42 heavy (non-hydrogen) atoms. The van der Waals surface area contributed by atoms with Gasteiger partial charge >= 0.3 is 0 Å². The molecule has 1 aliphatic heterocycles. The fraction of sp³-hybridized carbons (Fsp3) is 0.303. The number of aryl methyl sites for hydroxylation is 2.